The SMILES string of the molecule is COc1ccc(CN=C(NCc2cccs2)NCc2nnc(C)n2C)c(OC)c1.I. The molecule has 1 aromatic carbocycles. The number of thiophene rings is 1. The van der Waals surface area contributed by atoms with Crippen LogP contribution >= 0.6 is 35.3 Å². The third-order valence-electron chi connectivity index (χ3n) is 4.51. The van der Waals surface area contributed by atoms with Crippen molar-refractivity contribution in [3.8, 4) is 11.5 Å². The predicted octanol–water partition coefficient (Wildman–Crippen LogP) is 3.26. The van der Waals surface area contributed by atoms with E-state index in [1.165, 1.54) is 4.88 Å². The maximum Gasteiger partial charge on any atom is 0.192 e. The van der Waals surface area contributed by atoms with Crippen molar-refractivity contribution in [3.05, 3.63) is 57.8 Å². The Labute approximate surface area is 197 Å². The summed E-state index contributed by atoms with van der Waals surface area (Å²) in [5.41, 5.74) is 0.972. The van der Waals surface area contributed by atoms with Crippen LogP contribution in [0.25, 0.3) is 0 Å². The standard InChI is InChI=1S/C20H26N6O2S.HI/c1-14-24-25-19(26(14)2)13-23-20(22-12-17-6-5-9-29-17)21-11-15-7-8-16(27-3)10-18(15)28-4;/h5-10H,11-13H2,1-4H3,(H2,21,22,23);1H. The van der Waals surface area contributed by atoms with E-state index in [4.69, 9.17) is 14.5 Å². The van der Waals surface area contributed by atoms with Gasteiger partial charge in [0.05, 0.1) is 33.9 Å². The zero-order valence-electron chi connectivity index (χ0n) is 17.5. The molecule has 0 aliphatic heterocycles. The van der Waals surface area contributed by atoms with Crippen LogP contribution < -0.4 is 20.1 Å². The van der Waals surface area contributed by atoms with Gasteiger partial charge in [-0.3, -0.25) is 0 Å². The van der Waals surface area contributed by atoms with Gasteiger partial charge in [0.2, 0.25) is 0 Å². The highest BCUT2D eigenvalue weighted by Gasteiger charge is 2.08. The second-order valence-corrected chi connectivity index (χ2v) is 7.38. The quantitative estimate of drug-likeness (QED) is 0.258. The number of aryl methyl sites for hydroxylation is 1. The molecule has 0 spiro atoms. The van der Waals surface area contributed by atoms with E-state index < -0.39 is 0 Å². The lowest BCUT2D eigenvalue weighted by molar-refractivity contribution is 0.391. The predicted molar refractivity (Wildman–Crippen MR) is 130 cm³/mol. The van der Waals surface area contributed by atoms with Gasteiger partial charge in [-0.1, -0.05) is 6.07 Å². The summed E-state index contributed by atoms with van der Waals surface area (Å²) in [5, 5.41) is 17.1. The van der Waals surface area contributed by atoms with Gasteiger partial charge in [-0.15, -0.1) is 45.5 Å². The summed E-state index contributed by atoms with van der Waals surface area (Å²) in [6.45, 7) is 3.61. The van der Waals surface area contributed by atoms with Gasteiger partial charge in [0.25, 0.3) is 0 Å². The first-order chi connectivity index (χ1) is 14.1. The molecule has 0 fully saturated rings. The molecular formula is C20H27IN6O2S. The first kappa shape index (κ1) is 23.9. The lowest BCUT2D eigenvalue weighted by atomic mass is 10.2. The van der Waals surface area contributed by atoms with Gasteiger partial charge in [-0.05, 0) is 30.5 Å². The van der Waals surface area contributed by atoms with Crippen molar-refractivity contribution in [2.45, 2.75) is 26.6 Å². The number of guanidine groups is 1. The smallest absolute Gasteiger partial charge is 0.192 e. The van der Waals surface area contributed by atoms with Gasteiger partial charge in [0.1, 0.15) is 17.3 Å². The number of nitrogens with one attached hydrogen (secondary N) is 2. The third kappa shape index (κ3) is 6.33. The molecule has 8 nitrogen and oxygen atoms in total. The highest BCUT2D eigenvalue weighted by Crippen LogP contribution is 2.25. The van der Waals surface area contributed by atoms with Crippen LogP contribution in [0.4, 0.5) is 0 Å². The molecule has 2 aromatic heterocycles. The van der Waals surface area contributed by atoms with Gasteiger partial charge in [0, 0.05) is 23.6 Å². The van der Waals surface area contributed by atoms with Crippen LogP contribution in [0.15, 0.2) is 40.7 Å². The van der Waals surface area contributed by atoms with Crippen LogP contribution in [-0.2, 0) is 26.7 Å². The fourth-order valence-corrected chi connectivity index (χ4v) is 3.32. The van der Waals surface area contributed by atoms with Crippen LogP contribution in [0.2, 0.25) is 0 Å². The number of ether oxygens (including phenoxy) is 2. The van der Waals surface area contributed by atoms with E-state index in [1.54, 1.807) is 25.6 Å². The minimum absolute atomic E-state index is 0. The molecule has 0 unspecified atom stereocenters. The molecule has 0 bridgehead atoms. The van der Waals surface area contributed by atoms with Crippen LogP contribution in [0.5, 0.6) is 11.5 Å². The Bertz CT molecular complexity index is 958. The van der Waals surface area contributed by atoms with Crippen molar-refractivity contribution in [2.24, 2.45) is 12.0 Å². The van der Waals surface area contributed by atoms with Crippen molar-refractivity contribution >= 4 is 41.3 Å². The molecule has 0 radical (unpaired) electrons. The number of halogens is 1. The Balaban J connectivity index is 0.00000320. The lowest BCUT2D eigenvalue weighted by Crippen LogP contribution is -2.37. The molecule has 2 N–H and O–H groups in total. The van der Waals surface area contributed by atoms with Gasteiger partial charge >= 0.3 is 0 Å². The summed E-state index contributed by atoms with van der Waals surface area (Å²) in [5.74, 6) is 3.90. The Hall–Kier alpha value is -2.34. The maximum absolute atomic E-state index is 5.48. The molecule has 0 aliphatic rings. The summed E-state index contributed by atoms with van der Waals surface area (Å²) in [7, 11) is 5.23. The molecule has 162 valence electrons. The first-order valence-electron chi connectivity index (χ1n) is 9.21. The lowest BCUT2D eigenvalue weighted by Gasteiger charge is -2.13. The highest BCUT2D eigenvalue weighted by molar-refractivity contribution is 14.0. The largest absolute Gasteiger partial charge is 0.497 e. The average Bonchev–Trinajstić information content (AvgIpc) is 3.38. The van der Waals surface area contributed by atoms with Crippen LogP contribution in [0.3, 0.4) is 0 Å². The second kappa shape index (κ2) is 11.7. The molecule has 30 heavy (non-hydrogen) atoms. The monoisotopic (exact) mass is 542 g/mol. The number of aliphatic imine (C=N–C) groups is 1. The van der Waals surface area contributed by atoms with Gasteiger partial charge < -0.3 is 24.7 Å². The van der Waals surface area contributed by atoms with Gasteiger partial charge in [-0.2, -0.15) is 0 Å². The Morgan fingerprint density at radius 3 is 2.57 bits per heavy atom. The Kier molecular flexibility index (Phi) is 9.37. The van der Waals surface area contributed by atoms with Crippen molar-refractivity contribution in [1.29, 1.82) is 0 Å². The van der Waals surface area contributed by atoms with Crippen molar-refractivity contribution in [1.82, 2.24) is 25.4 Å². The van der Waals surface area contributed by atoms with Crippen LogP contribution in [-0.4, -0.2) is 34.9 Å². The van der Waals surface area contributed by atoms with Gasteiger partial charge in [-0.25, -0.2) is 4.99 Å². The molecular weight excluding hydrogens is 515 g/mol. The third-order valence-corrected chi connectivity index (χ3v) is 5.38. The molecule has 2 heterocycles. The highest BCUT2D eigenvalue weighted by atomic mass is 127. The van der Waals surface area contributed by atoms with Crippen LogP contribution in [0.1, 0.15) is 22.1 Å². The topological polar surface area (TPSA) is 85.6 Å². The summed E-state index contributed by atoms with van der Waals surface area (Å²) in [4.78, 5) is 5.96. The summed E-state index contributed by atoms with van der Waals surface area (Å²) in [6, 6.07) is 9.86. The first-order valence-corrected chi connectivity index (χ1v) is 10.1. The number of aromatic nitrogens is 3. The van der Waals surface area contributed by atoms with E-state index >= 15 is 0 Å². The van der Waals surface area contributed by atoms with E-state index in [9.17, 15) is 0 Å². The average molecular weight is 542 g/mol. The summed E-state index contributed by atoms with van der Waals surface area (Å²) >= 11 is 1.70. The molecule has 3 rings (SSSR count). The van der Waals surface area contributed by atoms with E-state index in [-0.39, 0.29) is 24.0 Å². The number of methoxy groups -OCH3 is 2. The number of hydrogen-bond acceptors (Lipinski definition) is 6. The molecule has 10 heteroatoms. The van der Waals surface area contributed by atoms with Crippen molar-refractivity contribution in [2.75, 3.05) is 14.2 Å². The van der Waals surface area contributed by atoms with Gasteiger partial charge in [0.15, 0.2) is 11.8 Å². The zero-order valence-corrected chi connectivity index (χ0v) is 20.7. The number of rotatable bonds is 8. The maximum atomic E-state index is 5.48. The molecule has 0 saturated heterocycles. The number of hydrogen-bond donors (Lipinski definition) is 2. The van der Waals surface area contributed by atoms with E-state index in [2.05, 4.69) is 32.3 Å². The number of nitrogens with zero attached hydrogens (tertiary/aromatic N) is 4. The second-order valence-electron chi connectivity index (χ2n) is 6.35. The fraction of sp³-hybridized carbons (Fsp3) is 0.350. The van der Waals surface area contributed by atoms with Crippen LogP contribution in [0, 0.1) is 6.92 Å². The van der Waals surface area contributed by atoms with E-state index in [0.29, 0.717) is 25.6 Å². The Morgan fingerprint density at radius 1 is 1.13 bits per heavy atom. The van der Waals surface area contributed by atoms with Crippen molar-refractivity contribution in [3.63, 3.8) is 0 Å². The van der Waals surface area contributed by atoms with Crippen molar-refractivity contribution < 1.29 is 9.47 Å². The summed E-state index contributed by atoms with van der Waals surface area (Å²) in [6.07, 6.45) is 0. The number of benzene rings is 1. The Morgan fingerprint density at radius 2 is 1.93 bits per heavy atom. The zero-order chi connectivity index (χ0) is 20.6. The molecule has 0 aliphatic carbocycles. The molecule has 3 aromatic rings. The minimum Gasteiger partial charge on any atom is -0.497 e. The van der Waals surface area contributed by atoms with E-state index in [0.717, 1.165) is 28.7 Å². The normalized spacial score (nSPS) is 11.0. The molecule has 0 saturated carbocycles. The minimum atomic E-state index is 0. The van der Waals surface area contributed by atoms with E-state index in [1.807, 2.05) is 42.8 Å². The summed E-state index contributed by atoms with van der Waals surface area (Å²) < 4.78 is 12.7. The fourth-order valence-electron chi connectivity index (χ4n) is 2.67. The molecule has 0 amide bonds. The molecule has 0 atom stereocenters.